The number of hydrogen-bond donors (Lipinski definition) is 2. The van der Waals surface area contributed by atoms with Crippen LogP contribution in [0.2, 0.25) is 0 Å². The lowest BCUT2D eigenvalue weighted by atomic mass is 10.1. The van der Waals surface area contributed by atoms with Crippen LogP contribution < -0.4 is 29.6 Å². The van der Waals surface area contributed by atoms with Gasteiger partial charge in [0.05, 0.1) is 21.3 Å². The van der Waals surface area contributed by atoms with Gasteiger partial charge < -0.3 is 29.6 Å². The van der Waals surface area contributed by atoms with Crippen molar-refractivity contribution < 1.29 is 32.5 Å². The molecule has 7 nitrogen and oxygen atoms in total. The van der Waals surface area contributed by atoms with Gasteiger partial charge in [-0.05, 0) is 36.2 Å². The molecule has 0 aliphatic rings. The molecule has 2 aromatic rings. The van der Waals surface area contributed by atoms with Gasteiger partial charge in [-0.25, -0.2) is 4.79 Å². The fourth-order valence-electron chi connectivity index (χ4n) is 2.47. The van der Waals surface area contributed by atoms with Gasteiger partial charge in [0.15, 0.2) is 23.0 Å². The van der Waals surface area contributed by atoms with Crippen molar-refractivity contribution in [2.24, 2.45) is 0 Å². The third-order valence-electron chi connectivity index (χ3n) is 3.78. The molecule has 0 radical (unpaired) electrons. The first-order chi connectivity index (χ1) is 13.5. The molecule has 0 atom stereocenters. The zero-order chi connectivity index (χ0) is 20.5. The highest BCUT2D eigenvalue weighted by molar-refractivity contribution is 5.89. The minimum Gasteiger partial charge on any atom is -0.493 e. The largest absolute Gasteiger partial charge is 0.493 e. The van der Waals surface area contributed by atoms with Crippen LogP contribution in [0.15, 0.2) is 36.4 Å². The Balaban J connectivity index is 1.90. The van der Waals surface area contributed by atoms with Gasteiger partial charge in [-0.3, -0.25) is 0 Å². The van der Waals surface area contributed by atoms with E-state index in [-0.39, 0.29) is 11.5 Å². The number of carbonyl (C=O) groups is 1. The molecule has 0 bridgehead atoms. The van der Waals surface area contributed by atoms with Crippen molar-refractivity contribution in [3.05, 3.63) is 42.0 Å². The quantitative estimate of drug-likeness (QED) is 0.676. The number of methoxy groups -OCH3 is 3. The summed E-state index contributed by atoms with van der Waals surface area (Å²) in [5.41, 5.74) is 1.25. The summed E-state index contributed by atoms with van der Waals surface area (Å²) in [6.45, 7) is -2.64. The summed E-state index contributed by atoms with van der Waals surface area (Å²) in [7, 11) is 4.44. The van der Waals surface area contributed by atoms with Crippen molar-refractivity contribution in [3.8, 4) is 23.0 Å². The number of ether oxygens (including phenoxy) is 4. The summed E-state index contributed by atoms with van der Waals surface area (Å²) in [5.74, 6) is 1.20. The number of hydrogen-bond acceptors (Lipinski definition) is 5. The van der Waals surface area contributed by atoms with Crippen molar-refractivity contribution in [2.75, 3.05) is 33.2 Å². The average Bonchev–Trinajstić information content (AvgIpc) is 2.67. The summed E-state index contributed by atoms with van der Waals surface area (Å²) in [6, 6.07) is 9.22. The summed E-state index contributed by atoms with van der Waals surface area (Å²) >= 11 is 0. The Bertz CT molecular complexity index is 802. The van der Waals surface area contributed by atoms with Crippen molar-refractivity contribution in [1.82, 2.24) is 5.32 Å². The first-order valence-corrected chi connectivity index (χ1v) is 8.35. The van der Waals surface area contributed by atoms with Crippen molar-refractivity contribution in [3.63, 3.8) is 0 Å². The number of rotatable bonds is 9. The second-order valence-corrected chi connectivity index (χ2v) is 5.56. The minimum atomic E-state index is -3.00. The topological polar surface area (TPSA) is 78.1 Å². The lowest BCUT2D eigenvalue weighted by molar-refractivity contribution is -0.0511. The van der Waals surface area contributed by atoms with Crippen LogP contribution in [0, 0.1) is 0 Å². The number of nitrogens with one attached hydrogen (secondary N) is 2. The number of benzene rings is 2. The molecule has 2 rings (SSSR count). The molecule has 2 aromatic carbocycles. The van der Waals surface area contributed by atoms with Gasteiger partial charge >= 0.3 is 12.6 Å². The van der Waals surface area contributed by atoms with Crippen LogP contribution in [0.25, 0.3) is 0 Å². The zero-order valence-corrected chi connectivity index (χ0v) is 15.8. The van der Waals surface area contributed by atoms with Crippen LogP contribution in [0.5, 0.6) is 23.0 Å². The smallest absolute Gasteiger partial charge is 0.387 e. The van der Waals surface area contributed by atoms with Crippen LogP contribution in [-0.2, 0) is 6.42 Å². The first-order valence-electron chi connectivity index (χ1n) is 8.35. The van der Waals surface area contributed by atoms with E-state index in [1.54, 1.807) is 20.3 Å². The van der Waals surface area contributed by atoms with E-state index in [9.17, 15) is 13.6 Å². The fourth-order valence-corrected chi connectivity index (χ4v) is 2.47. The summed E-state index contributed by atoms with van der Waals surface area (Å²) in [5, 5.41) is 5.25. The molecule has 28 heavy (non-hydrogen) atoms. The van der Waals surface area contributed by atoms with E-state index in [0.717, 1.165) is 5.56 Å². The van der Waals surface area contributed by atoms with Crippen LogP contribution in [0.4, 0.5) is 19.3 Å². The third-order valence-corrected chi connectivity index (χ3v) is 3.78. The van der Waals surface area contributed by atoms with Gasteiger partial charge in [0.25, 0.3) is 0 Å². The molecule has 152 valence electrons. The van der Waals surface area contributed by atoms with Crippen molar-refractivity contribution in [1.29, 1.82) is 0 Å². The maximum atomic E-state index is 12.5. The Morgan fingerprint density at radius 2 is 1.57 bits per heavy atom. The lowest BCUT2D eigenvalue weighted by Gasteiger charge is -2.13. The zero-order valence-electron chi connectivity index (χ0n) is 15.8. The Kier molecular flexibility index (Phi) is 7.67. The highest BCUT2D eigenvalue weighted by Gasteiger charge is 2.12. The van der Waals surface area contributed by atoms with Gasteiger partial charge in [-0.15, -0.1) is 0 Å². The molecule has 0 saturated carbocycles. The number of alkyl halides is 2. The first kappa shape index (κ1) is 21.1. The van der Waals surface area contributed by atoms with E-state index >= 15 is 0 Å². The summed E-state index contributed by atoms with van der Waals surface area (Å²) < 4.78 is 44.7. The average molecular weight is 396 g/mol. The number of urea groups is 1. The Morgan fingerprint density at radius 3 is 2.21 bits per heavy atom. The molecule has 0 aliphatic heterocycles. The molecular weight excluding hydrogens is 374 g/mol. The second kappa shape index (κ2) is 10.2. The molecular formula is C19H22F2N2O5. The molecule has 0 aliphatic carbocycles. The molecule has 0 spiro atoms. The molecule has 0 saturated heterocycles. The van der Waals surface area contributed by atoms with Crippen LogP contribution in [0.1, 0.15) is 5.56 Å². The predicted molar refractivity (Wildman–Crippen MR) is 99.9 cm³/mol. The van der Waals surface area contributed by atoms with Crippen LogP contribution in [0.3, 0.4) is 0 Å². The van der Waals surface area contributed by atoms with Gasteiger partial charge in [0.1, 0.15) is 0 Å². The number of amides is 2. The van der Waals surface area contributed by atoms with Gasteiger partial charge in [-0.1, -0.05) is 6.07 Å². The minimum absolute atomic E-state index is 0.139. The van der Waals surface area contributed by atoms with Crippen LogP contribution in [-0.4, -0.2) is 40.5 Å². The van der Waals surface area contributed by atoms with E-state index in [1.807, 2.05) is 12.1 Å². The van der Waals surface area contributed by atoms with E-state index < -0.39 is 12.6 Å². The molecule has 2 amide bonds. The van der Waals surface area contributed by atoms with E-state index in [0.29, 0.717) is 30.2 Å². The molecule has 0 fully saturated rings. The normalized spacial score (nSPS) is 10.4. The van der Waals surface area contributed by atoms with E-state index in [2.05, 4.69) is 15.4 Å². The van der Waals surface area contributed by atoms with Gasteiger partial charge in [0.2, 0.25) is 0 Å². The van der Waals surface area contributed by atoms with Gasteiger partial charge in [-0.2, -0.15) is 8.78 Å². The third kappa shape index (κ3) is 5.90. The summed E-state index contributed by atoms with van der Waals surface area (Å²) in [6.07, 6.45) is 0.566. The monoisotopic (exact) mass is 396 g/mol. The Labute approximate surface area is 161 Å². The van der Waals surface area contributed by atoms with Crippen LogP contribution >= 0.6 is 0 Å². The van der Waals surface area contributed by atoms with E-state index in [1.165, 1.54) is 25.3 Å². The number of halogens is 2. The van der Waals surface area contributed by atoms with E-state index in [4.69, 9.17) is 14.2 Å². The fraction of sp³-hybridized carbons (Fsp3) is 0.316. The highest BCUT2D eigenvalue weighted by atomic mass is 19.3. The lowest BCUT2D eigenvalue weighted by Crippen LogP contribution is -2.30. The standard InChI is InChI=1S/C19H22F2N2O5/c1-25-14-6-4-12(10-16(14)27-3)8-9-22-19(24)23-13-5-7-15(26-2)17(11-13)28-18(20)21/h4-7,10-11,18H,8-9H2,1-3H3,(H2,22,23,24). The second-order valence-electron chi connectivity index (χ2n) is 5.56. The molecule has 0 unspecified atom stereocenters. The highest BCUT2D eigenvalue weighted by Crippen LogP contribution is 2.31. The maximum absolute atomic E-state index is 12.5. The Morgan fingerprint density at radius 1 is 0.929 bits per heavy atom. The van der Waals surface area contributed by atoms with Crippen molar-refractivity contribution >= 4 is 11.7 Å². The predicted octanol–water partition coefficient (Wildman–Crippen LogP) is 3.68. The number of carbonyl (C=O) groups excluding carboxylic acids is 1. The Hall–Kier alpha value is -3.23. The maximum Gasteiger partial charge on any atom is 0.387 e. The van der Waals surface area contributed by atoms with Gasteiger partial charge in [0, 0.05) is 18.3 Å². The molecule has 0 heterocycles. The number of anilines is 1. The molecule has 9 heteroatoms. The van der Waals surface area contributed by atoms with Crippen molar-refractivity contribution in [2.45, 2.75) is 13.0 Å². The molecule has 2 N–H and O–H groups in total. The molecule has 0 aromatic heterocycles. The summed E-state index contributed by atoms with van der Waals surface area (Å²) in [4.78, 5) is 12.0. The SMILES string of the molecule is COc1ccc(CCNC(=O)Nc2ccc(OC)c(OC(F)F)c2)cc1OC.